The predicted molar refractivity (Wildman–Crippen MR) is 125 cm³/mol. The number of rotatable bonds is 8. The first kappa shape index (κ1) is 23.5. The SMILES string of the molecule is CC(c1ccccc1Cl)N1CCN(C(=O)CCNS(=O)(=O)/C=C/c2ccccc2)CC1. The highest BCUT2D eigenvalue weighted by Crippen LogP contribution is 2.27. The molecule has 1 heterocycles. The summed E-state index contributed by atoms with van der Waals surface area (Å²) in [5, 5.41) is 1.88. The summed E-state index contributed by atoms with van der Waals surface area (Å²) in [6.45, 7) is 4.95. The number of halogens is 1. The van der Waals surface area contributed by atoms with Gasteiger partial charge >= 0.3 is 0 Å². The van der Waals surface area contributed by atoms with Crippen LogP contribution in [0.25, 0.3) is 6.08 Å². The maximum atomic E-state index is 12.5. The molecule has 31 heavy (non-hydrogen) atoms. The fourth-order valence-electron chi connectivity index (χ4n) is 3.61. The first-order valence-corrected chi connectivity index (χ1v) is 12.3. The molecule has 1 aliphatic rings. The summed E-state index contributed by atoms with van der Waals surface area (Å²) in [4.78, 5) is 16.6. The summed E-state index contributed by atoms with van der Waals surface area (Å²) in [5.41, 5.74) is 1.88. The van der Waals surface area contributed by atoms with E-state index >= 15 is 0 Å². The molecule has 1 N–H and O–H groups in total. The number of carbonyl (C=O) groups is 1. The number of benzene rings is 2. The highest BCUT2D eigenvalue weighted by Gasteiger charge is 2.25. The van der Waals surface area contributed by atoms with Crippen LogP contribution in [0.15, 0.2) is 60.0 Å². The Hall–Kier alpha value is -2.19. The Kier molecular flexibility index (Phi) is 8.26. The van der Waals surface area contributed by atoms with Crippen molar-refractivity contribution in [2.75, 3.05) is 32.7 Å². The van der Waals surface area contributed by atoms with Crippen molar-refractivity contribution < 1.29 is 13.2 Å². The molecule has 1 fully saturated rings. The molecule has 0 aliphatic carbocycles. The van der Waals surface area contributed by atoms with Crippen molar-refractivity contribution in [1.82, 2.24) is 14.5 Å². The molecule has 2 aromatic rings. The minimum Gasteiger partial charge on any atom is -0.340 e. The van der Waals surface area contributed by atoms with E-state index < -0.39 is 10.0 Å². The second-order valence-corrected chi connectivity index (χ2v) is 9.58. The standard InChI is InChI=1S/C23H28ClN3O3S/c1-19(21-9-5-6-10-22(21)24)26-14-16-27(17-15-26)23(28)11-13-25-31(29,30)18-12-20-7-3-2-4-8-20/h2-10,12,18-19,25H,11,13-17H2,1H3/b18-12+. The Labute approximate surface area is 189 Å². The van der Waals surface area contributed by atoms with E-state index in [0.717, 1.165) is 34.6 Å². The minimum absolute atomic E-state index is 0.0419. The largest absolute Gasteiger partial charge is 0.340 e. The van der Waals surface area contributed by atoms with E-state index in [4.69, 9.17) is 11.6 Å². The normalized spacial score (nSPS) is 16.5. The van der Waals surface area contributed by atoms with Crippen LogP contribution in [0, 0.1) is 0 Å². The van der Waals surface area contributed by atoms with Gasteiger partial charge in [0.05, 0.1) is 0 Å². The molecular weight excluding hydrogens is 434 g/mol. The summed E-state index contributed by atoms with van der Waals surface area (Å²) >= 11 is 6.32. The molecule has 6 nitrogen and oxygen atoms in total. The fraction of sp³-hybridized carbons (Fsp3) is 0.348. The first-order chi connectivity index (χ1) is 14.9. The Morgan fingerprint density at radius 1 is 1.06 bits per heavy atom. The average Bonchev–Trinajstić information content (AvgIpc) is 2.78. The van der Waals surface area contributed by atoms with Crippen LogP contribution in [0.3, 0.4) is 0 Å². The van der Waals surface area contributed by atoms with Crippen molar-refractivity contribution in [2.45, 2.75) is 19.4 Å². The number of sulfonamides is 1. The molecule has 1 aliphatic heterocycles. The van der Waals surface area contributed by atoms with E-state index in [1.165, 1.54) is 6.08 Å². The van der Waals surface area contributed by atoms with Gasteiger partial charge in [0.1, 0.15) is 0 Å². The molecule has 0 radical (unpaired) electrons. The maximum absolute atomic E-state index is 12.5. The number of hydrogen-bond acceptors (Lipinski definition) is 4. The molecule has 166 valence electrons. The lowest BCUT2D eigenvalue weighted by atomic mass is 10.1. The lowest BCUT2D eigenvalue weighted by Gasteiger charge is -2.38. The number of nitrogens with one attached hydrogen (secondary N) is 1. The number of hydrogen-bond donors (Lipinski definition) is 1. The molecule has 1 saturated heterocycles. The second kappa shape index (κ2) is 10.9. The summed E-state index contributed by atoms with van der Waals surface area (Å²) in [7, 11) is -3.58. The van der Waals surface area contributed by atoms with Crippen molar-refractivity contribution in [3.63, 3.8) is 0 Å². The lowest BCUT2D eigenvalue weighted by molar-refractivity contribution is -0.133. The maximum Gasteiger partial charge on any atom is 0.233 e. The van der Waals surface area contributed by atoms with Crippen molar-refractivity contribution in [3.05, 3.63) is 76.2 Å². The zero-order chi connectivity index (χ0) is 22.3. The van der Waals surface area contributed by atoms with E-state index in [1.54, 1.807) is 4.90 Å². The van der Waals surface area contributed by atoms with Crippen LogP contribution in [0.5, 0.6) is 0 Å². The quantitative estimate of drug-likeness (QED) is 0.653. The van der Waals surface area contributed by atoms with Crippen LogP contribution in [-0.2, 0) is 14.8 Å². The number of nitrogens with zero attached hydrogens (tertiary/aromatic N) is 2. The summed E-state index contributed by atoms with van der Waals surface area (Å²) < 4.78 is 26.7. The highest BCUT2D eigenvalue weighted by molar-refractivity contribution is 7.92. The molecule has 0 aromatic heterocycles. The molecule has 0 bridgehead atoms. The van der Waals surface area contributed by atoms with E-state index in [1.807, 2.05) is 54.6 Å². The van der Waals surface area contributed by atoms with E-state index in [-0.39, 0.29) is 24.9 Å². The van der Waals surface area contributed by atoms with Crippen LogP contribution in [0.1, 0.15) is 30.5 Å². The van der Waals surface area contributed by atoms with Crippen LogP contribution < -0.4 is 4.72 Å². The third-order valence-electron chi connectivity index (χ3n) is 5.45. The Morgan fingerprint density at radius 2 is 1.71 bits per heavy atom. The van der Waals surface area contributed by atoms with Gasteiger partial charge in [-0.1, -0.05) is 60.1 Å². The van der Waals surface area contributed by atoms with E-state index in [9.17, 15) is 13.2 Å². The van der Waals surface area contributed by atoms with Gasteiger partial charge in [-0.25, -0.2) is 13.1 Å². The van der Waals surface area contributed by atoms with E-state index in [2.05, 4.69) is 16.5 Å². The Morgan fingerprint density at radius 3 is 2.39 bits per heavy atom. The zero-order valence-corrected chi connectivity index (χ0v) is 19.1. The highest BCUT2D eigenvalue weighted by atomic mass is 35.5. The summed E-state index contributed by atoms with van der Waals surface area (Å²) in [5.74, 6) is -0.0419. The van der Waals surface area contributed by atoms with Gasteiger partial charge in [0.15, 0.2) is 0 Å². The van der Waals surface area contributed by atoms with Gasteiger partial charge in [-0.3, -0.25) is 9.69 Å². The van der Waals surface area contributed by atoms with Crippen molar-refractivity contribution in [1.29, 1.82) is 0 Å². The molecule has 0 saturated carbocycles. The monoisotopic (exact) mass is 461 g/mol. The average molecular weight is 462 g/mol. The molecule has 1 amide bonds. The van der Waals surface area contributed by atoms with Crippen molar-refractivity contribution >= 4 is 33.6 Å². The number of amides is 1. The van der Waals surface area contributed by atoms with Gasteiger partial charge in [0, 0.05) is 55.6 Å². The van der Waals surface area contributed by atoms with Gasteiger partial charge in [-0.15, -0.1) is 0 Å². The summed E-state index contributed by atoms with van der Waals surface area (Å²) in [6, 6.07) is 17.2. The van der Waals surface area contributed by atoms with Crippen LogP contribution in [-0.4, -0.2) is 56.8 Å². The summed E-state index contributed by atoms with van der Waals surface area (Å²) in [6.07, 6.45) is 1.67. The topological polar surface area (TPSA) is 69.7 Å². The third-order valence-corrected chi connectivity index (χ3v) is 6.90. The lowest BCUT2D eigenvalue weighted by Crippen LogP contribution is -2.49. The fourth-order valence-corrected chi connectivity index (χ4v) is 4.72. The van der Waals surface area contributed by atoms with E-state index in [0.29, 0.717) is 13.1 Å². The minimum atomic E-state index is -3.58. The molecule has 8 heteroatoms. The van der Waals surface area contributed by atoms with Gasteiger partial charge in [0.2, 0.25) is 15.9 Å². The second-order valence-electron chi connectivity index (χ2n) is 7.52. The third kappa shape index (κ3) is 6.90. The van der Waals surface area contributed by atoms with Gasteiger partial charge in [-0.2, -0.15) is 0 Å². The van der Waals surface area contributed by atoms with Gasteiger partial charge in [0.25, 0.3) is 0 Å². The molecule has 2 aromatic carbocycles. The Bertz CT molecular complexity index is 1000. The molecule has 1 unspecified atom stereocenters. The molecule has 0 spiro atoms. The molecular formula is C23H28ClN3O3S. The zero-order valence-electron chi connectivity index (χ0n) is 17.6. The van der Waals surface area contributed by atoms with Crippen LogP contribution in [0.4, 0.5) is 0 Å². The predicted octanol–water partition coefficient (Wildman–Crippen LogP) is 3.53. The van der Waals surface area contributed by atoms with Crippen LogP contribution >= 0.6 is 11.6 Å². The van der Waals surface area contributed by atoms with Crippen molar-refractivity contribution in [2.24, 2.45) is 0 Å². The number of piperazine rings is 1. The molecule has 3 rings (SSSR count). The van der Waals surface area contributed by atoms with Gasteiger partial charge in [-0.05, 0) is 30.2 Å². The van der Waals surface area contributed by atoms with Crippen LogP contribution in [0.2, 0.25) is 5.02 Å². The smallest absolute Gasteiger partial charge is 0.233 e. The first-order valence-electron chi connectivity index (χ1n) is 10.3. The van der Waals surface area contributed by atoms with Crippen molar-refractivity contribution in [3.8, 4) is 0 Å². The molecule has 1 atom stereocenters. The number of carbonyl (C=O) groups excluding carboxylic acids is 1. The van der Waals surface area contributed by atoms with Gasteiger partial charge < -0.3 is 4.90 Å². The Balaban J connectivity index is 1.43.